The fraction of sp³-hybridized carbons (Fsp3) is 0.438. The molecule has 1 N–H and O–H groups in total. The normalized spacial score (nSPS) is 21.0. The standard InChI is InChI=1S/C16H20N4O3/c1-20(11-5-6-13(22-2)19-10-11)16(21)12-4-3-9-23-14(12)15-17-7-8-18-15/h5-8,10,12,14H,3-4,9H2,1-2H3,(H,17,18)/t12-,14-/m1/s1. The average molecular weight is 316 g/mol. The molecule has 0 bridgehead atoms. The lowest BCUT2D eigenvalue weighted by Gasteiger charge is -2.32. The zero-order chi connectivity index (χ0) is 16.2. The number of hydrogen-bond donors (Lipinski definition) is 1. The zero-order valence-electron chi connectivity index (χ0n) is 13.2. The average Bonchev–Trinajstić information content (AvgIpc) is 3.15. The van der Waals surface area contributed by atoms with Crippen molar-refractivity contribution in [3.8, 4) is 5.88 Å². The molecule has 2 atom stereocenters. The molecule has 7 nitrogen and oxygen atoms in total. The lowest BCUT2D eigenvalue weighted by atomic mass is 9.92. The molecule has 1 amide bonds. The highest BCUT2D eigenvalue weighted by molar-refractivity contribution is 5.94. The van der Waals surface area contributed by atoms with Crippen molar-refractivity contribution in [2.24, 2.45) is 5.92 Å². The van der Waals surface area contributed by atoms with E-state index in [1.165, 1.54) is 0 Å². The Balaban J connectivity index is 1.79. The molecule has 2 aromatic rings. The molecule has 7 heteroatoms. The molecule has 0 unspecified atom stereocenters. The summed E-state index contributed by atoms with van der Waals surface area (Å²) in [5.74, 6) is 0.952. The van der Waals surface area contributed by atoms with Crippen LogP contribution in [0.5, 0.6) is 5.88 Å². The van der Waals surface area contributed by atoms with Gasteiger partial charge in [0.05, 0.1) is 24.9 Å². The first-order valence-corrected chi connectivity index (χ1v) is 7.59. The first kappa shape index (κ1) is 15.5. The minimum atomic E-state index is -0.333. The van der Waals surface area contributed by atoms with Crippen molar-refractivity contribution in [1.29, 1.82) is 0 Å². The van der Waals surface area contributed by atoms with Crippen LogP contribution in [-0.4, -0.2) is 41.6 Å². The number of H-pyrrole nitrogens is 1. The number of amides is 1. The predicted molar refractivity (Wildman–Crippen MR) is 84.2 cm³/mol. The number of pyridine rings is 1. The van der Waals surface area contributed by atoms with Crippen molar-refractivity contribution in [1.82, 2.24) is 15.0 Å². The smallest absolute Gasteiger partial charge is 0.232 e. The molecule has 1 fully saturated rings. The minimum Gasteiger partial charge on any atom is -0.481 e. The van der Waals surface area contributed by atoms with E-state index in [2.05, 4.69) is 15.0 Å². The lowest BCUT2D eigenvalue weighted by Crippen LogP contribution is -2.39. The number of nitrogens with one attached hydrogen (secondary N) is 1. The maximum atomic E-state index is 12.9. The third-order valence-corrected chi connectivity index (χ3v) is 4.08. The number of nitrogens with zero attached hydrogens (tertiary/aromatic N) is 3. The van der Waals surface area contributed by atoms with E-state index in [1.807, 2.05) is 6.07 Å². The summed E-state index contributed by atoms with van der Waals surface area (Å²) in [7, 11) is 3.31. The van der Waals surface area contributed by atoms with E-state index in [4.69, 9.17) is 9.47 Å². The van der Waals surface area contributed by atoms with Crippen LogP contribution in [-0.2, 0) is 9.53 Å². The second kappa shape index (κ2) is 6.78. The van der Waals surface area contributed by atoms with Crippen LogP contribution in [0.3, 0.4) is 0 Å². The molecule has 1 saturated heterocycles. The Labute approximate surface area is 134 Å². The van der Waals surface area contributed by atoms with E-state index < -0.39 is 0 Å². The molecule has 3 heterocycles. The SMILES string of the molecule is COc1ccc(N(C)C(=O)[C@@H]2CCCO[C@H]2c2ncc[nH]2)cn1. The largest absolute Gasteiger partial charge is 0.481 e. The number of methoxy groups -OCH3 is 1. The van der Waals surface area contributed by atoms with E-state index in [9.17, 15) is 4.79 Å². The molecule has 0 saturated carbocycles. The van der Waals surface area contributed by atoms with E-state index in [0.717, 1.165) is 18.5 Å². The first-order chi connectivity index (χ1) is 11.2. The number of ether oxygens (including phenoxy) is 2. The van der Waals surface area contributed by atoms with Crippen molar-refractivity contribution in [2.75, 3.05) is 25.7 Å². The summed E-state index contributed by atoms with van der Waals surface area (Å²) in [6.07, 6.45) is 6.35. The van der Waals surface area contributed by atoms with Crippen LogP contribution < -0.4 is 9.64 Å². The van der Waals surface area contributed by atoms with Gasteiger partial charge in [-0.2, -0.15) is 0 Å². The van der Waals surface area contributed by atoms with Crippen LogP contribution in [0.4, 0.5) is 5.69 Å². The quantitative estimate of drug-likeness (QED) is 0.932. The Morgan fingerprint density at radius 2 is 2.30 bits per heavy atom. The van der Waals surface area contributed by atoms with Gasteiger partial charge in [-0.3, -0.25) is 4.79 Å². The van der Waals surface area contributed by atoms with Crippen LogP contribution in [0.15, 0.2) is 30.7 Å². The highest BCUT2D eigenvalue weighted by Gasteiger charge is 2.36. The molecule has 122 valence electrons. The molecule has 1 aliphatic rings. The van der Waals surface area contributed by atoms with Crippen LogP contribution in [0.2, 0.25) is 0 Å². The number of rotatable bonds is 4. The Morgan fingerprint density at radius 3 is 2.96 bits per heavy atom. The molecule has 0 spiro atoms. The molecule has 0 radical (unpaired) electrons. The number of aromatic amines is 1. The Morgan fingerprint density at radius 1 is 1.43 bits per heavy atom. The van der Waals surface area contributed by atoms with Crippen LogP contribution in [0, 0.1) is 5.92 Å². The molecule has 0 aromatic carbocycles. The second-order valence-corrected chi connectivity index (χ2v) is 5.47. The number of aromatic nitrogens is 3. The van der Waals surface area contributed by atoms with Crippen LogP contribution in [0.25, 0.3) is 0 Å². The summed E-state index contributed by atoms with van der Waals surface area (Å²) in [4.78, 5) is 26.0. The summed E-state index contributed by atoms with van der Waals surface area (Å²) in [5, 5.41) is 0. The summed E-state index contributed by atoms with van der Waals surface area (Å²) in [6, 6.07) is 3.55. The minimum absolute atomic E-state index is 0.00179. The van der Waals surface area contributed by atoms with Gasteiger partial charge in [0.15, 0.2) is 0 Å². The first-order valence-electron chi connectivity index (χ1n) is 7.59. The van der Waals surface area contributed by atoms with Gasteiger partial charge in [-0.05, 0) is 18.9 Å². The van der Waals surface area contributed by atoms with Crippen LogP contribution >= 0.6 is 0 Å². The molecular formula is C16H20N4O3. The zero-order valence-corrected chi connectivity index (χ0v) is 13.2. The number of imidazole rings is 1. The van der Waals surface area contributed by atoms with Gasteiger partial charge in [-0.25, -0.2) is 9.97 Å². The highest BCUT2D eigenvalue weighted by Crippen LogP contribution is 2.34. The van der Waals surface area contributed by atoms with Gasteiger partial charge in [-0.1, -0.05) is 0 Å². The van der Waals surface area contributed by atoms with E-state index in [0.29, 0.717) is 18.3 Å². The molecule has 0 aliphatic carbocycles. The van der Waals surface area contributed by atoms with Crippen molar-refractivity contribution in [3.05, 3.63) is 36.5 Å². The summed E-state index contributed by atoms with van der Waals surface area (Å²) >= 11 is 0. The molecule has 3 rings (SSSR count). The second-order valence-electron chi connectivity index (χ2n) is 5.47. The predicted octanol–water partition coefficient (Wildman–Crippen LogP) is 1.94. The van der Waals surface area contributed by atoms with Gasteiger partial charge < -0.3 is 19.4 Å². The number of hydrogen-bond acceptors (Lipinski definition) is 5. The summed E-state index contributed by atoms with van der Waals surface area (Å²) < 4.78 is 10.8. The third kappa shape index (κ3) is 3.19. The Hall–Kier alpha value is -2.41. The van der Waals surface area contributed by atoms with Crippen LogP contribution in [0.1, 0.15) is 24.8 Å². The fourth-order valence-corrected chi connectivity index (χ4v) is 2.80. The van der Waals surface area contributed by atoms with Crippen molar-refractivity contribution in [2.45, 2.75) is 18.9 Å². The fourth-order valence-electron chi connectivity index (χ4n) is 2.80. The lowest BCUT2D eigenvalue weighted by molar-refractivity contribution is -0.132. The number of anilines is 1. The van der Waals surface area contributed by atoms with Gasteiger partial charge >= 0.3 is 0 Å². The van der Waals surface area contributed by atoms with E-state index in [-0.39, 0.29) is 17.9 Å². The monoisotopic (exact) mass is 316 g/mol. The summed E-state index contributed by atoms with van der Waals surface area (Å²) in [5.41, 5.74) is 0.722. The van der Waals surface area contributed by atoms with Gasteiger partial charge in [0.2, 0.25) is 11.8 Å². The molecule has 1 aliphatic heterocycles. The molecule has 23 heavy (non-hydrogen) atoms. The van der Waals surface area contributed by atoms with Gasteiger partial charge in [0, 0.05) is 32.1 Å². The van der Waals surface area contributed by atoms with Crippen molar-refractivity contribution >= 4 is 11.6 Å². The Bertz CT molecular complexity index is 642. The van der Waals surface area contributed by atoms with Gasteiger partial charge in [0.25, 0.3) is 0 Å². The highest BCUT2D eigenvalue weighted by atomic mass is 16.5. The topological polar surface area (TPSA) is 80.3 Å². The van der Waals surface area contributed by atoms with Gasteiger partial charge in [-0.15, -0.1) is 0 Å². The number of carbonyl (C=O) groups is 1. The third-order valence-electron chi connectivity index (χ3n) is 4.08. The maximum Gasteiger partial charge on any atom is 0.232 e. The van der Waals surface area contributed by atoms with Gasteiger partial charge in [0.1, 0.15) is 11.9 Å². The van der Waals surface area contributed by atoms with E-state index in [1.54, 1.807) is 43.7 Å². The molecular weight excluding hydrogens is 296 g/mol. The molecule has 2 aromatic heterocycles. The summed E-state index contributed by atoms with van der Waals surface area (Å²) in [6.45, 7) is 0.642. The van der Waals surface area contributed by atoms with Crippen molar-refractivity contribution < 1.29 is 14.3 Å². The Kier molecular flexibility index (Phi) is 4.57. The van der Waals surface area contributed by atoms with Crippen molar-refractivity contribution in [3.63, 3.8) is 0 Å². The maximum absolute atomic E-state index is 12.9. The van der Waals surface area contributed by atoms with E-state index >= 15 is 0 Å². The number of carbonyl (C=O) groups excluding carboxylic acids is 1.